The van der Waals surface area contributed by atoms with Crippen LogP contribution in [0.3, 0.4) is 0 Å². The second-order valence-corrected chi connectivity index (χ2v) is 7.80. The van der Waals surface area contributed by atoms with E-state index >= 15 is 0 Å². The van der Waals surface area contributed by atoms with Crippen molar-refractivity contribution in [3.63, 3.8) is 0 Å². The van der Waals surface area contributed by atoms with E-state index in [1.54, 1.807) is 5.51 Å². The fourth-order valence-electron chi connectivity index (χ4n) is 1.79. The Morgan fingerprint density at radius 3 is 2.50 bits per heavy atom. The van der Waals surface area contributed by atoms with Crippen molar-refractivity contribution in [2.75, 3.05) is 6.26 Å². The molecule has 1 aromatic carbocycles. The van der Waals surface area contributed by atoms with Gasteiger partial charge in [-0.25, -0.2) is 4.21 Å². The first kappa shape index (κ1) is 16.6. The van der Waals surface area contributed by atoms with Gasteiger partial charge < -0.3 is 4.52 Å². The van der Waals surface area contributed by atoms with E-state index in [-0.39, 0.29) is 5.82 Å². The molecule has 1 unspecified atom stereocenters. The third kappa shape index (κ3) is 3.46. The van der Waals surface area contributed by atoms with Gasteiger partial charge in [0, 0.05) is 16.7 Å². The average molecular weight is 374 g/mol. The summed E-state index contributed by atoms with van der Waals surface area (Å²) in [5, 5.41) is 3.83. The molecule has 0 aliphatic rings. The minimum atomic E-state index is -4.70. The molecule has 0 saturated heterocycles. The van der Waals surface area contributed by atoms with Crippen LogP contribution in [0.1, 0.15) is 5.89 Å². The Morgan fingerprint density at radius 2 is 1.96 bits per heavy atom. The summed E-state index contributed by atoms with van der Waals surface area (Å²) in [6.07, 6.45) is -1.73. The summed E-state index contributed by atoms with van der Waals surface area (Å²) in [5.41, 5.74) is 1.89. The molecule has 2 aromatic heterocycles. The lowest BCUT2D eigenvalue weighted by molar-refractivity contribution is -0.159. The van der Waals surface area contributed by atoms with Gasteiger partial charge in [0.1, 0.15) is 5.00 Å². The predicted molar refractivity (Wildman–Crippen MR) is 81.3 cm³/mol. The van der Waals surface area contributed by atoms with Gasteiger partial charge in [0.05, 0.1) is 21.4 Å². The van der Waals surface area contributed by atoms with Crippen molar-refractivity contribution in [1.82, 2.24) is 15.1 Å². The van der Waals surface area contributed by atoms with Gasteiger partial charge >= 0.3 is 12.1 Å². The Kier molecular flexibility index (Phi) is 4.13. The van der Waals surface area contributed by atoms with E-state index in [9.17, 15) is 17.4 Å². The smallest absolute Gasteiger partial charge is 0.329 e. The summed E-state index contributed by atoms with van der Waals surface area (Å²) in [7, 11) is -2.70. The van der Waals surface area contributed by atoms with E-state index < -0.39 is 21.8 Å². The number of rotatable bonds is 3. The second-order valence-electron chi connectivity index (χ2n) is 4.68. The molecule has 0 amide bonds. The highest BCUT2D eigenvalue weighted by Crippen LogP contribution is 2.30. The van der Waals surface area contributed by atoms with Gasteiger partial charge in [-0.1, -0.05) is 5.16 Å². The maximum absolute atomic E-state index is 12.7. The molecule has 2 heterocycles. The summed E-state index contributed by atoms with van der Waals surface area (Å²) in [4.78, 5) is 7.59. The fraction of sp³-hybridized carbons (Fsp3) is 0.154. The Balaban J connectivity index is 1.91. The standard InChI is InChI=1S/C13H9F3N4O2S2/c1-24(21,20-10-6-17-7-23-10)9-4-2-8(3-5-9)11-18-12(22-19-11)13(14,15)16/h2-7H,1H3. The lowest BCUT2D eigenvalue weighted by atomic mass is 10.2. The number of thiazole rings is 1. The van der Waals surface area contributed by atoms with Gasteiger partial charge in [-0.05, 0) is 24.3 Å². The largest absolute Gasteiger partial charge is 0.471 e. The maximum Gasteiger partial charge on any atom is 0.471 e. The molecular weight excluding hydrogens is 365 g/mol. The monoisotopic (exact) mass is 374 g/mol. The number of hydrogen-bond acceptors (Lipinski definition) is 7. The van der Waals surface area contributed by atoms with Crippen LogP contribution in [0.4, 0.5) is 18.2 Å². The number of aromatic nitrogens is 3. The third-order valence-corrected chi connectivity index (χ3v) is 5.37. The van der Waals surface area contributed by atoms with E-state index in [0.717, 1.165) is 0 Å². The Labute approximate surface area is 138 Å². The molecule has 3 rings (SSSR count). The molecule has 6 nitrogen and oxygen atoms in total. The maximum atomic E-state index is 12.7. The fourth-order valence-corrected chi connectivity index (χ4v) is 3.88. The van der Waals surface area contributed by atoms with Gasteiger partial charge in [-0.15, -0.1) is 11.3 Å². The van der Waals surface area contributed by atoms with Gasteiger partial charge in [-0.2, -0.15) is 22.5 Å². The minimum Gasteiger partial charge on any atom is -0.329 e. The van der Waals surface area contributed by atoms with Crippen LogP contribution in [0, 0.1) is 0 Å². The Hall–Kier alpha value is -2.27. The normalized spacial score (nSPS) is 14.3. The zero-order chi connectivity index (χ0) is 17.4. The summed E-state index contributed by atoms with van der Waals surface area (Å²) in [5.74, 6) is -1.61. The predicted octanol–water partition coefficient (Wildman–Crippen LogP) is 4.00. The first-order valence-electron chi connectivity index (χ1n) is 6.38. The SMILES string of the molecule is CS(=O)(=Nc1cncs1)c1ccc(-c2noc(C(F)(F)F)n2)cc1. The molecule has 0 bridgehead atoms. The van der Waals surface area contributed by atoms with Crippen LogP contribution >= 0.6 is 11.3 Å². The summed E-state index contributed by atoms with van der Waals surface area (Å²) in [6, 6.07) is 5.94. The van der Waals surface area contributed by atoms with E-state index in [1.807, 2.05) is 0 Å². The van der Waals surface area contributed by atoms with Crippen molar-refractivity contribution >= 4 is 26.1 Å². The lowest BCUT2D eigenvalue weighted by Crippen LogP contribution is -2.04. The van der Waals surface area contributed by atoms with Crippen molar-refractivity contribution in [3.05, 3.63) is 41.9 Å². The molecule has 24 heavy (non-hydrogen) atoms. The quantitative estimate of drug-likeness (QED) is 0.692. The van der Waals surface area contributed by atoms with Gasteiger partial charge in [0.15, 0.2) is 0 Å². The lowest BCUT2D eigenvalue weighted by Gasteiger charge is -2.04. The van der Waals surface area contributed by atoms with E-state index in [4.69, 9.17) is 0 Å². The summed E-state index contributed by atoms with van der Waals surface area (Å²) >= 11 is 1.25. The number of alkyl halides is 3. The number of nitrogens with zero attached hydrogens (tertiary/aromatic N) is 4. The van der Waals surface area contributed by atoms with E-state index in [1.165, 1.54) is 48.1 Å². The van der Waals surface area contributed by atoms with Crippen molar-refractivity contribution in [2.45, 2.75) is 11.1 Å². The van der Waals surface area contributed by atoms with E-state index in [0.29, 0.717) is 15.5 Å². The molecule has 0 aliphatic heterocycles. The van der Waals surface area contributed by atoms with Crippen molar-refractivity contribution in [1.29, 1.82) is 0 Å². The van der Waals surface area contributed by atoms with Gasteiger partial charge in [0.25, 0.3) is 0 Å². The topological polar surface area (TPSA) is 81.2 Å². The first-order valence-corrected chi connectivity index (χ1v) is 9.18. The molecule has 0 radical (unpaired) electrons. The number of halogens is 3. The van der Waals surface area contributed by atoms with Crippen LogP contribution in [0.5, 0.6) is 0 Å². The summed E-state index contributed by atoms with van der Waals surface area (Å²) < 4.78 is 58.4. The highest BCUT2D eigenvalue weighted by atomic mass is 32.2. The molecule has 0 aliphatic carbocycles. The molecule has 0 saturated carbocycles. The van der Waals surface area contributed by atoms with Crippen LogP contribution in [0.2, 0.25) is 0 Å². The molecule has 11 heteroatoms. The van der Waals surface area contributed by atoms with Crippen molar-refractivity contribution < 1.29 is 21.9 Å². The molecular formula is C13H9F3N4O2S2. The minimum absolute atomic E-state index is 0.198. The van der Waals surface area contributed by atoms with Crippen LogP contribution in [-0.4, -0.2) is 25.6 Å². The zero-order valence-electron chi connectivity index (χ0n) is 12.0. The number of benzene rings is 1. The highest BCUT2D eigenvalue weighted by molar-refractivity contribution is 7.93. The Morgan fingerprint density at radius 1 is 1.25 bits per heavy atom. The molecule has 0 N–H and O–H groups in total. The number of hydrogen-bond donors (Lipinski definition) is 0. The van der Waals surface area contributed by atoms with E-state index in [2.05, 4.69) is 24.0 Å². The molecule has 1 atom stereocenters. The summed E-state index contributed by atoms with van der Waals surface area (Å²) in [6.45, 7) is 0. The van der Waals surface area contributed by atoms with Crippen LogP contribution in [-0.2, 0) is 15.9 Å². The molecule has 126 valence electrons. The molecule has 0 spiro atoms. The van der Waals surface area contributed by atoms with Crippen LogP contribution < -0.4 is 0 Å². The highest BCUT2D eigenvalue weighted by Gasteiger charge is 2.38. The van der Waals surface area contributed by atoms with Crippen molar-refractivity contribution in [3.8, 4) is 11.4 Å². The Bertz CT molecular complexity index is 956. The molecule has 0 fully saturated rings. The van der Waals surface area contributed by atoms with Gasteiger partial charge in [0.2, 0.25) is 5.82 Å². The third-order valence-electron chi connectivity index (χ3n) is 2.90. The van der Waals surface area contributed by atoms with Crippen molar-refractivity contribution in [2.24, 2.45) is 4.36 Å². The second kappa shape index (κ2) is 5.98. The van der Waals surface area contributed by atoms with Crippen LogP contribution in [0.25, 0.3) is 11.4 Å². The molecule has 3 aromatic rings. The zero-order valence-corrected chi connectivity index (χ0v) is 13.7. The average Bonchev–Trinajstić information content (AvgIpc) is 3.17. The van der Waals surface area contributed by atoms with Crippen LogP contribution in [0.15, 0.2) is 49.8 Å². The van der Waals surface area contributed by atoms with Gasteiger partial charge in [-0.3, -0.25) is 4.98 Å². The first-order chi connectivity index (χ1) is 11.3.